The molecule has 2 atom stereocenters. The molecule has 0 radical (unpaired) electrons. The van der Waals surface area contributed by atoms with E-state index in [1.165, 1.54) is 44.9 Å². The zero-order chi connectivity index (χ0) is 10.7. The van der Waals surface area contributed by atoms with Gasteiger partial charge in [0.05, 0.1) is 0 Å². The highest BCUT2D eigenvalue weighted by Gasteiger charge is 2.39. The molecular weight excluding hydrogens is 186 g/mol. The topological polar surface area (TPSA) is 35.2 Å². The molecule has 15 heavy (non-hydrogen) atoms. The van der Waals surface area contributed by atoms with Crippen LogP contribution in [-0.2, 0) is 4.74 Å². The lowest BCUT2D eigenvalue weighted by atomic mass is 9.67. The molecule has 1 aliphatic heterocycles. The van der Waals surface area contributed by atoms with Crippen molar-refractivity contribution in [2.45, 2.75) is 57.4 Å². The summed E-state index contributed by atoms with van der Waals surface area (Å²) in [5.74, 6) is 1.60. The van der Waals surface area contributed by atoms with Gasteiger partial charge in [0, 0.05) is 18.8 Å². The molecule has 2 N–H and O–H groups in total. The van der Waals surface area contributed by atoms with Gasteiger partial charge in [0.15, 0.2) is 0 Å². The van der Waals surface area contributed by atoms with Crippen molar-refractivity contribution in [3.05, 3.63) is 0 Å². The normalized spacial score (nSPS) is 39.2. The zero-order valence-corrected chi connectivity index (χ0v) is 10.0. The fourth-order valence-electron chi connectivity index (χ4n) is 3.45. The van der Waals surface area contributed by atoms with E-state index in [-0.39, 0.29) is 5.54 Å². The minimum Gasteiger partial charge on any atom is -0.381 e. The average Bonchev–Trinajstić information content (AvgIpc) is 2.30. The first-order valence-corrected chi connectivity index (χ1v) is 6.61. The first-order valence-electron chi connectivity index (χ1n) is 6.61. The number of hydrogen-bond acceptors (Lipinski definition) is 2. The minimum absolute atomic E-state index is 0.142. The molecule has 2 rings (SSSR count). The molecule has 0 aromatic rings. The zero-order valence-electron chi connectivity index (χ0n) is 10.0. The molecule has 0 amide bonds. The van der Waals surface area contributed by atoms with Crippen LogP contribution in [-0.4, -0.2) is 18.8 Å². The van der Waals surface area contributed by atoms with Crippen LogP contribution in [0, 0.1) is 11.8 Å². The summed E-state index contributed by atoms with van der Waals surface area (Å²) < 4.78 is 5.43. The summed E-state index contributed by atoms with van der Waals surface area (Å²) in [5.41, 5.74) is 6.79. The molecule has 1 saturated carbocycles. The summed E-state index contributed by atoms with van der Waals surface area (Å²) in [5, 5.41) is 0. The molecule has 0 spiro atoms. The molecule has 1 heterocycles. The molecule has 0 aromatic carbocycles. The van der Waals surface area contributed by atoms with Crippen LogP contribution in [0.25, 0.3) is 0 Å². The van der Waals surface area contributed by atoms with E-state index in [2.05, 4.69) is 6.92 Å². The van der Waals surface area contributed by atoms with E-state index in [0.29, 0.717) is 0 Å². The van der Waals surface area contributed by atoms with Crippen LogP contribution in [0.1, 0.15) is 51.9 Å². The second-order valence-electron chi connectivity index (χ2n) is 5.49. The van der Waals surface area contributed by atoms with E-state index in [4.69, 9.17) is 10.5 Å². The molecule has 2 fully saturated rings. The third-order valence-electron chi connectivity index (χ3n) is 4.54. The Bertz CT molecular complexity index is 201. The number of ether oxygens (including phenoxy) is 1. The summed E-state index contributed by atoms with van der Waals surface area (Å²) in [6.07, 6.45) is 8.93. The first-order chi connectivity index (χ1) is 7.24. The predicted molar refractivity (Wildman–Crippen MR) is 62.7 cm³/mol. The molecule has 2 aliphatic rings. The molecule has 2 nitrogen and oxygen atoms in total. The Morgan fingerprint density at radius 1 is 1.27 bits per heavy atom. The third-order valence-corrected chi connectivity index (χ3v) is 4.54. The van der Waals surface area contributed by atoms with Crippen molar-refractivity contribution < 1.29 is 4.74 Å². The van der Waals surface area contributed by atoms with Crippen molar-refractivity contribution in [2.75, 3.05) is 13.2 Å². The van der Waals surface area contributed by atoms with Crippen molar-refractivity contribution in [3.63, 3.8) is 0 Å². The Labute approximate surface area is 93.6 Å². The molecule has 1 saturated heterocycles. The lowest BCUT2D eigenvalue weighted by molar-refractivity contribution is 0.0208. The van der Waals surface area contributed by atoms with Gasteiger partial charge in [-0.1, -0.05) is 26.2 Å². The summed E-state index contributed by atoms with van der Waals surface area (Å²) in [4.78, 5) is 0. The molecule has 88 valence electrons. The number of nitrogens with two attached hydrogens (primary N) is 1. The second kappa shape index (κ2) is 4.84. The second-order valence-corrected chi connectivity index (χ2v) is 5.49. The van der Waals surface area contributed by atoms with Gasteiger partial charge in [0.2, 0.25) is 0 Å². The third kappa shape index (κ3) is 2.54. The SMILES string of the molecule is CCC1CCCC(N)(C2CCOCC2)C1. The van der Waals surface area contributed by atoms with Crippen molar-refractivity contribution in [3.8, 4) is 0 Å². The summed E-state index contributed by atoms with van der Waals surface area (Å²) in [7, 11) is 0. The lowest BCUT2D eigenvalue weighted by Crippen LogP contribution is -2.52. The fraction of sp³-hybridized carbons (Fsp3) is 1.00. The molecule has 2 heteroatoms. The predicted octanol–water partition coefficient (Wildman–Crippen LogP) is 2.71. The Morgan fingerprint density at radius 2 is 2.00 bits per heavy atom. The Morgan fingerprint density at radius 3 is 2.67 bits per heavy atom. The van der Waals surface area contributed by atoms with Gasteiger partial charge < -0.3 is 10.5 Å². The highest BCUT2D eigenvalue weighted by atomic mass is 16.5. The van der Waals surface area contributed by atoms with Gasteiger partial charge in [-0.2, -0.15) is 0 Å². The first kappa shape index (κ1) is 11.4. The van der Waals surface area contributed by atoms with Gasteiger partial charge >= 0.3 is 0 Å². The number of rotatable bonds is 2. The van der Waals surface area contributed by atoms with Crippen LogP contribution in [0.3, 0.4) is 0 Å². The van der Waals surface area contributed by atoms with E-state index in [1.54, 1.807) is 0 Å². The summed E-state index contributed by atoms with van der Waals surface area (Å²) >= 11 is 0. The Hall–Kier alpha value is -0.0800. The summed E-state index contributed by atoms with van der Waals surface area (Å²) in [6.45, 7) is 4.17. The van der Waals surface area contributed by atoms with Crippen LogP contribution >= 0.6 is 0 Å². The van der Waals surface area contributed by atoms with Crippen LogP contribution < -0.4 is 5.73 Å². The van der Waals surface area contributed by atoms with Crippen molar-refractivity contribution >= 4 is 0 Å². The molecule has 2 unspecified atom stereocenters. The van der Waals surface area contributed by atoms with Crippen LogP contribution in [0.2, 0.25) is 0 Å². The quantitative estimate of drug-likeness (QED) is 0.762. The lowest BCUT2D eigenvalue weighted by Gasteiger charge is -2.45. The average molecular weight is 211 g/mol. The van der Waals surface area contributed by atoms with Crippen LogP contribution in [0.5, 0.6) is 0 Å². The highest BCUT2D eigenvalue weighted by molar-refractivity contribution is 4.96. The van der Waals surface area contributed by atoms with E-state index in [0.717, 1.165) is 25.0 Å². The summed E-state index contributed by atoms with van der Waals surface area (Å²) in [6, 6.07) is 0. The van der Waals surface area contributed by atoms with E-state index in [9.17, 15) is 0 Å². The molecule has 1 aliphatic carbocycles. The van der Waals surface area contributed by atoms with Gasteiger partial charge in [-0.15, -0.1) is 0 Å². The Balaban J connectivity index is 1.97. The Kier molecular flexibility index (Phi) is 3.68. The maximum atomic E-state index is 6.64. The maximum Gasteiger partial charge on any atom is 0.0469 e. The van der Waals surface area contributed by atoms with Crippen LogP contribution in [0.15, 0.2) is 0 Å². The molecule has 0 aromatic heterocycles. The number of hydrogen-bond donors (Lipinski definition) is 1. The fourth-order valence-corrected chi connectivity index (χ4v) is 3.45. The van der Waals surface area contributed by atoms with Crippen LogP contribution in [0.4, 0.5) is 0 Å². The smallest absolute Gasteiger partial charge is 0.0469 e. The maximum absolute atomic E-state index is 6.64. The van der Waals surface area contributed by atoms with Gasteiger partial charge in [-0.25, -0.2) is 0 Å². The highest BCUT2D eigenvalue weighted by Crippen LogP contribution is 2.40. The molecular formula is C13H25NO. The van der Waals surface area contributed by atoms with Gasteiger partial charge in [-0.3, -0.25) is 0 Å². The van der Waals surface area contributed by atoms with E-state index in [1.807, 2.05) is 0 Å². The van der Waals surface area contributed by atoms with E-state index >= 15 is 0 Å². The van der Waals surface area contributed by atoms with Crippen molar-refractivity contribution in [1.29, 1.82) is 0 Å². The monoisotopic (exact) mass is 211 g/mol. The van der Waals surface area contributed by atoms with Crippen molar-refractivity contribution in [1.82, 2.24) is 0 Å². The molecule has 0 bridgehead atoms. The van der Waals surface area contributed by atoms with Gasteiger partial charge in [-0.05, 0) is 37.5 Å². The standard InChI is InChI=1S/C13H25NO/c1-2-11-4-3-7-13(14,10-11)12-5-8-15-9-6-12/h11-12H,2-10,14H2,1H3. The van der Waals surface area contributed by atoms with Gasteiger partial charge in [0.1, 0.15) is 0 Å². The van der Waals surface area contributed by atoms with E-state index < -0.39 is 0 Å². The minimum atomic E-state index is 0.142. The van der Waals surface area contributed by atoms with Crippen molar-refractivity contribution in [2.24, 2.45) is 17.6 Å². The van der Waals surface area contributed by atoms with Gasteiger partial charge in [0.25, 0.3) is 0 Å². The largest absolute Gasteiger partial charge is 0.381 e.